The number of ether oxygens (including phenoxy) is 1. The van der Waals surface area contributed by atoms with Crippen molar-refractivity contribution in [2.75, 3.05) is 33.3 Å². The molecular formula is C18H36N2O. The summed E-state index contributed by atoms with van der Waals surface area (Å²) in [7, 11) is 1.87. The highest BCUT2D eigenvalue weighted by atomic mass is 16.5. The third-order valence-corrected chi connectivity index (χ3v) is 5.81. The summed E-state index contributed by atoms with van der Waals surface area (Å²) in [5, 5.41) is 3.84. The summed E-state index contributed by atoms with van der Waals surface area (Å²) in [5.74, 6) is 0.797. The van der Waals surface area contributed by atoms with Gasteiger partial charge in [0.2, 0.25) is 0 Å². The summed E-state index contributed by atoms with van der Waals surface area (Å²) >= 11 is 0. The number of nitrogens with zero attached hydrogens (tertiary/aromatic N) is 1. The number of methoxy groups -OCH3 is 1. The molecule has 3 nitrogen and oxygen atoms in total. The molecule has 0 spiro atoms. The molecule has 0 aromatic carbocycles. The highest BCUT2D eigenvalue weighted by Gasteiger charge is 2.42. The predicted octanol–water partition coefficient (Wildman–Crippen LogP) is 3.29. The molecule has 3 heteroatoms. The van der Waals surface area contributed by atoms with Gasteiger partial charge in [0.15, 0.2) is 0 Å². The van der Waals surface area contributed by atoms with E-state index in [1.54, 1.807) is 0 Å². The molecule has 0 bridgehead atoms. The van der Waals surface area contributed by atoms with Gasteiger partial charge < -0.3 is 15.0 Å². The van der Waals surface area contributed by atoms with Gasteiger partial charge in [0.05, 0.1) is 5.60 Å². The van der Waals surface area contributed by atoms with Gasteiger partial charge in [0, 0.05) is 26.2 Å². The lowest BCUT2D eigenvalue weighted by Gasteiger charge is -2.42. The van der Waals surface area contributed by atoms with E-state index in [1.807, 2.05) is 7.11 Å². The molecule has 0 amide bonds. The first-order valence-electron chi connectivity index (χ1n) is 8.91. The first-order chi connectivity index (χ1) is 9.90. The highest BCUT2D eigenvalue weighted by molar-refractivity contribution is 4.98. The molecule has 21 heavy (non-hydrogen) atoms. The van der Waals surface area contributed by atoms with E-state index in [9.17, 15) is 0 Å². The molecule has 0 aromatic rings. The zero-order valence-electron chi connectivity index (χ0n) is 14.9. The Bertz CT molecular complexity index is 331. The molecule has 1 heterocycles. The lowest BCUT2D eigenvalue weighted by molar-refractivity contribution is -0.0545. The molecule has 1 saturated carbocycles. The fourth-order valence-corrected chi connectivity index (χ4v) is 4.42. The number of hydrogen-bond donors (Lipinski definition) is 1. The summed E-state index contributed by atoms with van der Waals surface area (Å²) in [6.45, 7) is 14.1. The Morgan fingerprint density at radius 3 is 2.67 bits per heavy atom. The van der Waals surface area contributed by atoms with Crippen molar-refractivity contribution >= 4 is 0 Å². The maximum atomic E-state index is 5.75. The van der Waals surface area contributed by atoms with Crippen molar-refractivity contribution in [1.82, 2.24) is 10.2 Å². The van der Waals surface area contributed by atoms with Crippen molar-refractivity contribution in [3.8, 4) is 0 Å². The van der Waals surface area contributed by atoms with Crippen molar-refractivity contribution in [3.05, 3.63) is 0 Å². The zero-order valence-corrected chi connectivity index (χ0v) is 14.9. The molecule has 1 aliphatic heterocycles. The molecule has 124 valence electrons. The maximum Gasteiger partial charge on any atom is 0.0777 e. The average Bonchev–Trinajstić information content (AvgIpc) is 2.72. The maximum absolute atomic E-state index is 5.75. The predicted molar refractivity (Wildman–Crippen MR) is 89.7 cm³/mol. The third kappa shape index (κ3) is 4.20. The van der Waals surface area contributed by atoms with E-state index in [1.165, 1.54) is 45.2 Å². The Labute approximate surface area is 131 Å². The van der Waals surface area contributed by atoms with Crippen LogP contribution in [0.4, 0.5) is 0 Å². The van der Waals surface area contributed by atoms with Gasteiger partial charge >= 0.3 is 0 Å². The van der Waals surface area contributed by atoms with Crippen LogP contribution < -0.4 is 5.32 Å². The van der Waals surface area contributed by atoms with Gasteiger partial charge in [-0.05, 0) is 63.5 Å². The first-order valence-corrected chi connectivity index (χ1v) is 8.91. The van der Waals surface area contributed by atoms with Gasteiger partial charge in [-0.3, -0.25) is 0 Å². The molecule has 1 aliphatic carbocycles. The average molecular weight is 296 g/mol. The summed E-state index contributed by atoms with van der Waals surface area (Å²) in [5.41, 5.74) is 0.513. The summed E-state index contributed by atoms with van der Waals surface area (Å²) in [6, 6.07) is 0.674. The van der Waals surface area contributed by atoms with Gasteiger partial charge in [-0.15, -0.1) is 0 Å². The van der Waals surface area contributed by atoms with E-state index in [2.05, 4.69) is 37.9 Å². The van der Waals surface area contributed by atoms with Crippen LogP contribution in [-0.4, -0.2) is 49.8 Å². The number of likely N-dealkylation sites (tertiary alicyclic amines) is 1. The quantitative estimate of drug-likeness (QED) is 0.814. The molecule has 3 atom stereocenters. The van der Waals surface area contributed by atoms with E-state index in [0.29, 0.717) is 11.5 Å². The number of rotatable bonds is 6. The largest absolute Gasteiger partial charge is 0.377 e. The van der Waals surface area contributed by atoms with Gasteiger partial charge in [-0.25, -0.2) is 0 Å². The normalized spacial score (nSPS) is 37.0. The van der Waals surface area contributed by atoms with E-state index in [4.69, 9.17) is 4.74 Å². The summed E-state index contributed by atoms with van der Waals surface area (Å²) in [4.78, 5) is 2.65. The molecule has 0 aromatic heterocycles. The highest BCUT2D eigenvalue weighted by Crippen LogP contribution is 2.42. The monoisotopic (exact) mass is 296 g/mol. The number of piperidine rings is 1. The Hall–Kier alpha value is -0.120. The second kappa shape index (κ2) is 6.97. The van der Waals surface area contributed by atoms with Gasteiger partial charge in [-0.1, -0.05) is 20.8 Å². The summed E-state index contributed by atoms with van der Waals surface area (Å²) in [6.07, 6.45) is 6.43. The summed E-state index contributed by atoms with van der Waals surface area (Å²) < 4.78 is 5.75. The first kappa shape index (κ1) is 17.2. The zero-order chi connectivity index (χ0) is 15.5. The second-order valence-electron chi connectivity index (χ2n) is 8.21. The molecule has 2 aliphatic rings. The third-order valence-electron chi connectivity index (χ3n) is 5.81. The fourth-order valence-electron chi connectivity index (χ4n) is 4.42. The van der Waals surface area contributed by atoms with Crippen LogP contribution in [0.1, 0.15) is 59.8 Å². The van der Waals surface area contributed by atoms with Crippen LogP contribution in [0.2, 0.25) is 0 Å². The van der Waals surface area contributed by atoms with Crippen molar-refractivity contribution in [3.63, 3.8) is 0 Å². The molecule has 1 saturated heterocycles. The van der Waals surface area contributed by atoms with Gasteiger partial charge in [-0.2, -0.15) is 0 Å². The van der Waals surface area contributed by atoms with Crippen LogP contribution in [0.25, 0.3) is 0 Å². The van der Waals surface area contributed by atoms with Crippen LogP contribution in [0.3, 0.4) is 0 Å². The smallest absolute Gasteiger partial charge is 0.0777 e. The minimum absolute atomic E-state index is 0.0682. The van der Waals surface area contributed by atoms with Crippen LogP contribution in [-0.2, 0) is 4.74 Å². The van der Waals surface area contributed by atoms with E-state index in [-0.39, 0.29) is 5.60 Å². The Morgan fingerprint density at radius 2 is 2.00 bits per heavy atom. The minimum Gasteiger partial charge on any atom is -0.377 e. The second-order valence-corrected chi connectivity index (χ2v) is 8.21. The minimum atomic E-state index is 0.0682. The Morgan fingerprint density at radius 1 is 1.24 bits per heavy atom. The van der Waals surface area contributed by atoms with Gasteiger partial charge in [0.25, 0.3) is 0 Å². The van der Waals surface area contributed by atoms with Gasteiger partial charge in [0.1, 0.15) is 0 Å². The van der Waals surface area contributed by atoms with Crippen LogP contribution in [0, 0.1) is 11.3 Å². The Balaban J connectivity index is 1.94. The van der Waals surface area contributed by atoms with Crippen LogP contribution in [0.5, 0.6) is 0 Å². The lowest BCUT2D eigenvalue weighted by atomic mass is 9.84. The van der Waals surface area contributed by atoms with Crippen molar-refractivity contribution in [1.29, 1.82) is 0 Å². The molecule has 3 unspecified atom stereocenters. The molecule has 1 N–H and O–H groups in total. The van der Waals surface area contributed by atoms with E-state index in [0.717, 1.165) is 19.0 Å². The van der Waals surface area contributed by atoms with E-state index < -0.39 is 0 Å². The topological polar surface area (TPSA) is 24.5 Å². The van der Waals surface area contributed by atoms with Crippen LogP contribution in [0.15, 0.2) is 0 Å². The fraction of sp³-hybridized carbons (Fsp3) is 1.00. The molecule has 2 rings (SSSR count). The van der Waals surface area contributed by atoms with Crippen molar-refractivity contribution in [2.45, 2.75) is 71.4 Å². The molecule has 2 fully saturated rings. The van der Waals surface area contributed by atoms with Crippen molar-refractivity contribution in [2.24, 2.45) is 11.3 Å². The number of nitrogens with one attached hydrogen (secondary N) is 1. The SMILES string of the molecule is CCCNC1C(CN2CCCC(C)(OC)C2)CCC1(C)C. The molecule has 0 radical (unpaired) electrons. The van der Waals surface area contributed by atoms with Crippen molar-refractivity contribution < 1.29 is 4.74 Å². The Kier molecular flexibility index (Phi) is 5.72. The standard InChI is InChI=1S/C18H36N2O/c1-6-11-19-16-15(8-10-17(16,2)3)13-20-12-7-9-18(4,14-20)21-5/h15-16,19H,6-14H2,1-5H3. The molecular weight excluding hydrogens is 260 g/mol. The van der Waals surface area contributed by atoms with Crippen LogP contribution >= 0.6 is 0 Å². The number of hydrogen-bond acceptors (Lipinski definition) is 3. The lowest BCUT2D eigenvalue weighted by Crippen LogP contribution is -2.51. The van der Waals surface area contributed by atoms with E-state index >= 15 is 0 Å².